The van der Waals surface area contributed by atoms with Gasteiger partial charge in [-0.3, -0.25) is 9.80 Å². The molecule has 0 saturated carbocycles. The highest BCUT2D eigenvalue weighted by atomic mass is 16.5. The Morgan fingerprint density at radius 1 is 1.05 bits per heavy atom. The van der Waals surface area contributed by atoms with Crippen LogP contribution in [-0.2, 0) is 0 Å². The number of nitrogen functional groups attached to an aromatic ring is 1. The first-order chi connectivity index (χ1) is 10.3. The first-order valence-electron chi connectivity index (χ1n) is 8.26. The number of likely N-dealkylation sites (tertiary alicyclic amines) is 2. The molecule has 1 aromatic carbocycles. The van der Waals surface area contributed by atoms with Crippen LogP contribution >= 0.6 is 0 Å². The van der Waals surface area contributed by atoms with E-state index in [1.165, 1.54) is 51.9 Å². The summed E-state index contributed by atoms with van der Waals surface area (Å²) in [6, 6.07) is 8.43. The highest BCUT2D eigenvalue weighted by Crippen LogP contribution is 2.20. The Hall–Kier alpha value is -1.26. The Balaban J connectivity index is 1.37. The summed E-state index contributed by atoms with van der Waals surface area (Å²) < 4.78 is 5.79. The fourth-order valence-electron chi connectivity index (χ4n) is 3.45. The number of ether oxygens (including phenoxy) is 1. The van der Waals surface area contributed by atoms with Crippen LogP contribution in [0.3, 0.4) is 0 Å². The molecule has 1 atom stereocenters. The molecule has 0 aromatic heterocycles. The number of anilines is 1. The summed E-state index contributed by atoms with van der Waals surface area (Å²) in [6.45, 7) is 6.82. The number of piperidine rings is 1. The molecule has 2 saturated heterocycles. The fraction of sp³-hybridized carbons (Fsp3) is 0.647. The average Bonchev–Trinajstić information content (AvgIpc) is 2.99. The standard InChI is InChI=1S/C17H27N3O/c18-15-4-6-17(7-5-15)21-13-12-19-11-8-16(14-19)20-9-2-1-3-10-20/h4-7,16H,1-3,8-14,18H2. The third-order valence-electron chi connectivity index (χ3n) is 4.71. The van der Waals surface area contributed by atoms with E-state index in [0.717, 1.165) is 30.6 Å². The van der Waals surface area contributed by atoms with Crippen LogP contribution in [0.4, 0.5) is 5.69 Å². The number of rotatable bonds is 5. The fourth-order valence-corrected chi connectivity index (χ4v) is 3.45. The normalized spacial score (nSPS) is 24.3. The van der Waals surface area contributed by atoms with Crippen LogP contribution in [0, 0.1) is 0 Å². The Bertz CT molecular complexity index is 428. The van der Waals surface area contributed by atoms with Gasteiger partial charge in [0.05, 0.1) is 0 Å². The van der Waals surface area contributed by atoms with Crippen molar-refractivity contribution in [1.29, 1.82) is 0 Å². The lowest BCUT2D eigenvalue weighted by Gasteiger charge is -2.32. The molecule has 0 aliphatic carbocycles. The van der Waals surface area contributed by atoms with E-state index in [1.807, 2.05) is 24.3 Å². The van der Waals surface area contributed by atoms with E-state index in [-0.39, 0.29) is 0 Å². The summed E-state index contributed by atoms with van der Waals surface area (Å²) >= 11 is 0. The van der Waals surface area contributed by atoms with Crippen molar-refractivity contribution in [1.82, 2.24) is 9.80 Å². The van der Waals surface area contributed by atoms with Gasteiger partial charge in [-0.1, -0.05) is 6.42 Å². The van der Waals surface area contributed by atoms with Crippen molar-refractivity contribution in [3.8, 4) is 5.75 Å². The lowest BCUT2D eigenvalue weighted by molar-refractivity contribution is 0.157. The molecule has 1 unspecified atom stereocenters. The van der Waals surface area contributed by atoms with Crippen molar-refractivity contribution in [2.45, 2.75) is 31.7 Å². The van der Waals surface area contributed by atoms with Gasteiger partial charge in [-0.2, -0.15) is 0 Å². The van der Waals surface area contributed by atoms with E-state index in [2.05, 4.69) is 9.80 Å². The average molecular weight is 289 g/mol. The van der Waals surface area contributed by atoms with Gasteiger partial charge in [-0.25, -0.2) is 0 Å². The summed E-state index contributed by atoms with van der Waals surface area (Å²) in [5.41, 5.74) is 6.46. The van der Waals surface area contributed by atoms with Crippen LogP contribution in [0.25, 0.3) is 0 Å². The summed E-state index contributed by atoms with van der Waals surface area (Å²) in [6.07, 6.45) is 5.51. The van der Waals surface area contributed by atoms with Crippen LogP contribution in [0.15, 0.2) is 24.3 Å². The molecule has 2 aliphatic heterocycles. The van der Waals surface area contributed by atoms with Gasteiger partial charge in [-0.05, 0) is 63.2 Å². The summed E-state index contributed by atoms with van der Waals surface area (Å²) in [4.78, 5) is 5.24. The Kier molecular flexibility index (Phi) is 4.99. The van der Waals surface area contributed by atoms with Gasteiger partial charge in [0.1, 0.15) is 12.4 Å². The Labute approximate surface area is 127 Å². The van der Waals surface area contributed by atoms with Crippen molar-refractivity contribution < 1.29 is 4.74 Å². The third kappa shape index (κ3) is 4.11. The van der Waals surface area contributed by atoms with E-state index >= 15 is 0 Å². The summed E-state index contributed by atoms with van der Waals surface area (Å²) in [5.74, 6) is 0.913. The van der Waals surface area contributed by atoms with Gasteiger partial charge < -0.3 is 10.5 Å². The van der Waals surface area contributed by atoms with Crippen molar-refractivity contribution in [2.75, 3.05) is 45.1 Å². The van der Waals surface area contributed by atoms with Gasteiger partial charge in [0.15, 0.2) is 0 Å². The number of nitrogens with zero attached hydrogens (tertiary/aromatic N) is 2. The molecule has 2 aliphatic rings. The van der Waals surface area contributed by atoms with Crippen molar-refractivity contribution in [3.05, 3.63) is 24.3 Å². The maximum absolute atomic E-state index is 5.79. The minimum Gasteiger partial charge on any atom is -0.492 e. The third-order valence-corrected chi connectivity index (χ3v) is 4.71. The van der Waals surface area contributed by atoms with Crippen molar-refractivity contribution in [3.63, 3.8) is 0 Å². The van der Waals surface area contributed by atoms with Gasteiger partial charge in [-0.15, -0.1) is 0 Å². The van der Waals surface area contributed by atoms with Gasteiger partial charge in [0.25, 0.3) is 0 Å². The summed E-state index contributed by atoms with van der Waals surface area (Å²) in [7, 11) is 0. The SMILES string of the molecule is Nc1ccc(OCCN2CCC(N3CCCCC3)C2)cc1. The lowest BCUT2D eigenvalue weighted by Crippen LogP contribution is -2.41. The summed E-state index contributed by atoms with van der Waals surface area (Å²) in [5, 5.41) is 0. The van der Waals surface area contributed by atoms with Gasteiger partial charge in [0.2, 0.25) is 0 Å². The van der Waals surface area contributed by atoms with E-state index in [9.17, 15) is 0 Å². The number of nitrogens with two attached hydrogens (primary N) is 1. The van der Waals surface area contributed by atoms with Crippen LogP contribution in [0.2, 0.25) is 0 Å². The smallest absolute Gasteiger partial charge is 0.119 e. The zero-order chi connectivity index (χ0) is 14.5. The molecule has 2 fully saturated rings. The molecular weight excluding hydrogens is 262 g/mol. The molecule has 0 spiro atoms. The zero-order valence-corrected chi connectivity index (χ0v) is 12.8. The Morgan fingerprint density at radius 3 is 2.57 bits per heavy atom. The van der Waals surface area contributed by atoms with Crippen LogP contribution < -0.4 is 10.5 Å². The zero-order valence-electron chi connectivity index (χ0n) is 12.8. The lowest BCUT2D eigenvalue weighted by atomic mass is 10.1. The molecule has 3 rings (SSSR count). The van der Waals surface area contributed by atoms with Crippen molar-refractivity contribution in [2.24, 2.45) is 0 Å². The second-order valence-corrected chi connectivity index (χ2v) is 6.26. The predicted molar refractivity (Wildman–Crippen MR) is 86.6 cm³/mol. The molecule has 0 radical (unpaired) electrons. The van der Waals surface area contributed by atoms with E-state index < -0.39 is 0 Å². The van der Waals surface area contributed by atoms with Gasteiger partial charge in [0, 0.05) is 24.8 Å². The van der Waals surface area contributed by atoms with Crippen LogP contribution in [0.1, 0.15) is 25.7 Å². The second-order valence-electron chi connectivity index (χ2n) is 6.26. The topological polar surface area (TPSA) is 41.7 Å². The maximum atomic E-state index is 5.79. The molecule has 2 N–H and O–H groups in total. The molecule has 1 aromatic rings. The molecule has 4 nitrogen and oxygen atoms in total. The largest absolute Gasteiger partial charge is 0.492 e. The highest BCUT2D eigenvalue weighted by molar-refractivity contribution is 5.41. The first-order valence-corrected chi connectivity index (χ1v) is 8.26. The molecule has 116 valence electrons. The number of hydrogen-bond donors (Lipinski definition) is 1. The highest BCUT2D eigenvalue weighted by Gasteiger charge is 2.28. The monoisotopic (exact) mass is 289 g/mol. The molecule has 21 heavy (non-hydrogen) atoms. The number of benzene rings is 1. The molecular formula is C17H27N3O. The predicted octanol–water partition coefficient (Wildman–Crippen LogP) is 2.21. The molecule has 4 heteroatoms. The van der Waals surface area contributed by atoms with E-state index in [4.69, 9.17) is 10.5 Å². The van der Waals surface area contributed by atoms with Crippen molar-refractivity contribution >= 4 is 5.69 Å². The van der Waals surface area contributed by atoms with Crippen LogP contribution in [-0.4, -0.2) is 55.2 Å². The first kappa shape index (κ1) is 14.7. The number of hydrogen-bond acceptors (Lipinski definition) is 4. The van der Waals surface area contributed by atoms with Gasteiger partial charge >= 0.3 is 0 Å². The quantitative estimate of drug-likeness (QED) is 0.844. The Morgan fingerprint density at radius 2 is 1.81 bits per heavy atom. The molecule has 0 bridgehead atoms. The van der Waals surface area contributed by atoms with E-state index in [1.54, 1.807) is 0 Å². The minimum absolute atomic E-state index is 0.761. The van der Waals surface area contributed by atoms with E-state index in [0.29, 0.717) is 0 Å². The minimum atomic E-state index is 0.761. The second kappa shape index (κ2) is 7.14. The molecule has 0 amide bonds. The van der Waals surface area contributed by atoms with Crippen LogP contribution in [0.5, 0.6) is 5.75 Å². The molecule has 2 heterocycles. The maximum Gasteiger partial charge on any atom is 0.119 e.